The summed E-state index contributed by atoms with van der Waals surface area (Å²) in [5.41, 5.74) is 0.801. The summed E-state index contributed by atoms with van der Waals surface area (Å²) in [6.07, 6.45) is 1.51. The summed E-state index contributed by atoms with van der Waals surface area (Å²) in [6.45, 7) is 1.21. The Kier molecular flexibility index (Phi) is 4.32. The lowest BCUT2D eigenvalue weighted by molar-refractivity contribution is -0.146. The number of hydrogen-bond acceptors (Lipinski definition) is 3. The van der Waals surface area contributed by atoms with E-state index >= 15 is 0 Å². The van der Waals surface area contributed by atoms with E-state index in [1.807, 2.05) is 30.3 Å². The molecule has 0 aliphatic carbocycles. The summed E-state index contributed by atoms with van der Waals surface area (Å²) in [5, 5.41) is 9.14. The lowest BCUT2D eigenvalue weighted by Crippen LogP contribution is -2.45. The van der Waals surface area contributed by atoms with Crippen LogP contribution in [-0.4, -0.2) is 47.4 Å². The van der Waals surface area contributed by atoms with Gasteiger partial charge in [-0.2, -0.15) is 0 Å². The molecule has 0 unspecified atom stereocenters. The summed E-state index contributed by atoms with van der Waals surface area (Å²) >= 11 is 0. The lowest BCUT2D eigenvalue weighted by atomic mass is 9.96. The molecule has 0 aromatic heterocycles. The normalized spacial score (nSPS) is 24.8. The van der Waals surface area contributed by atoms with Gasteiger partial charge in [0, 0.05) is 31.7 Å². The molecule has 3 rings (SSSR count). The molecule has 2 heterocycles. The van der Waals surface area contributed by atoms with Crippen LogP contribution in [0.4, 0.5) is 5.69 Å². The second kappa shape index (κ2) is 6.40. The van der Waals surface area contributed by atoms with Crippen LogP contribution in [-0.2, 0) is 14.4 Å². The summed E-state index contributed by atoms with van der Waals surface area (Å²) in [6, 6.07) is 9.31. The van der Waals surface area contributed by atoms with Crippen LogP contribution in [0.2, 0.25) is 0 Å². The standard InChI is InChI=1S/C17H20N2O4/c20-15-9-13(11-19(15)14-6-2-1-3-7-14)16(21)18-8-4-5-12(10-18)17(22)23/h1-3,6-7,12-13H,4-5,8-11H2,(H,22,23)/t12-,13+/m1/s1. The van der Waals surface area contributed by atoms with Crippen LogP contribution in [0.3, 0.4) is 0 Å². The number of carboxylic acid groups (broad SMARTS) is 1. The maximum absolute atomic E-state index is 12.6. The van der Waals surface area contributed by atoms with Crippen molar-refractivity contribution in [2.24, 2.45) is 11.8 Å². The number of para-hydroxylation sites is 1. The zero-order valence-corrected chi connectivity index (χ0v) is 12.9. The van der Waals surface area contributed by atoms with Crippen LogP contribution in [0.25, 0.3) is 0 Å². The van der Waals surface area contributed by atoms with Crippen molar-refractivity contribution in [2.45, 2.75) is 19.3 Å². The van der Waals surface area contributed by atoms with Crippen molar-refractivity contribution in [1.82, 2.24) is 4.90 Å². The number of piperidine rings is 1. The Labute approximate surface area is 134 Å². The smallest absolute Gasteiger partial charge is 0.308 e. The maximum Gasteiger partial charge on any atom is 0.308 e. The number of rotatable bonds is 3. The van der Waals surface area contributed by atoms with Gasteiger partial charge in [-0.1, -0.05) is 18.2 Å². The van der Waals surface area contributed by atoms with E-state index < -0.39 is 11.9 Å². The van der Waals surface area contributed by atoms with E-state index in [0.717, 1.165) is 5.69 Å². The van der Waals surface area contributed by atoms with Gasteiger partial charge in [-0.15, -0.1) is 0 Å². The van der Waals surface area contributed by atoms with E-state index in [1.165, 1.54) is 0 Å². The minimum atomic E-state index is -0.851. The number of hydrogen-bond donors (Lipinski definition) is 1. The number of carboxylic acids is 1. The Morgan fingerprint density at radius 2 is 1.83 bits per heavy atom. The first-order valence-electron chi connectivity index (χ1n) is 7.93. The highest BCUT2D eigenvalue weighted by molar-refractivity contribution is 6.00. The molecule has 0 radical (unpaired) electrons. The van der Waals surface area contributed by atoms with E-state index in [0.29, 0.717) is 25.9 Å². The van der Waals surface area contributed by atoms with Gasteiger partial charge in [0.25, 0.3) is 0 Å². The van der Waals surface area contributed by atoms with E-state index in [9.17, 15) is 14.4 Å². The Hall–Kier alpha value is -2.37. The number of carbonyl (C=O) groups excluding carboxylic acids is 2. The quantitative estimate of drug-likeness (QED) is 0.913. The Bertz CT molecular complexity index is 616. The van der Waals surface area contributed by atoms with Crippen molar-refractivity contribution in [2.75, 3.05) is 24.5 Å². The van der Waals surface area contributed by atoms with Crippen molar-refractivity contribution >= 4 is 23.5 Å². The molecule has 1 aromatic carbocycles. The predicted octanol–water partition coefficient (Wildman–Crippen LogP) is 1.36. The molecule has 2 atom stereocenters. The molecule has 6 nitrogen and oxygen atoms in total. The van der Waals surface area contributed by atoms with E-state index in [-0.39, 0.29) is 30.7 Å². The summed E-state index contributed by atoms with van der Waals surface area (Å²) in [4.78, 5) is 39.2. The zero-order chi connectivity index (χ0) is 16.4. The molecule has 2 saturated heterocycles. The summed E-state index contributed by atoms with van der Waals surface area (Å²) in [7, 11) is 0. The fraction of sp³-hybridized carbons (Fsp3) is 0.471. The molecule has 2 fully saturated rings. The van der Waals surface area contributed by atoms with Crippen molar-refractivity contribution in [3.63, 3.8) is 0 Å². The van der Waals surface area contributed by atoms with Crippen molar-refractivity contribution in [3.8, 4) is 0 Å². The van der Waals surface area contributed by atoms with Gasteiger partial charge in [0.2, 0.25) is 11.8 Å². The molecular formula is C17H20N2O4. The molecule has 0 bridgehead atoms. The minimum Gasteiger partial charge on any atom is -0.481 e. The summed E-state index contributed by atoms with van der Waals surface area (Å²) in [5.74, 6) is -1.87. The molecule has 0 spiro atoms. The van der Waals surface area contributed by atoms with Gasteiger partial charge in [-0.05, 0) is 25.0 Å². The molecule has 2 aliphatic heterocycles. The molecular weight excluding hydrogens is 296 g/mol. The predicted molar refractivity (Wildman–Crippen MR) is 83.8 cm³/mol. The SMILES string of the molecule is O=C(O)[C@@H]1CCCN(C(=O)[C@H]2CC(=O)N(c3ccccc3)C2)C1. The molecule has 6 heteroatoms. The molecule has 1 aromatic rings. The van der Waals surface area contributed by atoms with Gasteiger partial charge < -0.3 is 14.9 Å². The van der Waals surface area contributed by atoms with Crippen LogP contribution in [0.15, 0.2) is 30.3 Å². The Balaban J connectivity index is 1.67. The van der Waals surface area contributed by atoms with Crippen LogP contribution in [0, 0.1) is 11.8 Å². The lowest BCUT2D eigenvalue weighted by Gasteiger charge is -2.32. The third-order valence-electron chi connectivity index (χ3n) is 4.62. The van der Waals surface area contributed by atoms with Crippen molar-refractivity contribution in [3.05, 3.63) is 30.3 Å². The number of anilines is 1. The molecule has 2 aliphatic rings. The number of likely N-dealkylation sites (tertiary alicyclic amines) is 1. The third kappa shape index (κ3) is 3.21. The molecule has 122 valence electrons. The van der Waals surface area contributed by atoms with Gasteiger partial charge in [0.15, 0.2) is 0 Å². The fourth-order valence-electron chi connectivity index (χ4n) is 3.37. The average Bonchev–Trinajstić information content (AvgIpc) is 2.97. The van der Waals surface area contributed by atoms with Gasteiger partial charge in [-0.3, -0.25) is 14.4 Å². The Morgan fingerprint density at radius 1 is 1.09 bits per heavy atom. The summed E-state index contributed by atoms with van der Waals surface area (Å²) < 4.78 is 0. The highest BCUT2D eigenvalue weighted by Crippen LogP contribution is 2.27. The van der Waals surface area contributed by atoms with Gasteiger partial charge in [0.05, 0.1) is 11.8 Å². The van der Waals surface area contributed by atoms with Crippen molar-refractivity contribution < 1.29 is 19.5 Å². The first-order chi connectivity index (χ1) is 11.1. The second-order valence-corrected chi connectivity index (χ2v) is 6.20. The van der Waals surface area contributed by atoms with Crippen LogP contribution in [0.1, 0.15) is 19.3 Å². The van der Waals surface area contributed by atoms with Crippen LogP contribution < -0.4 is 4.90 Å². The molecule has 2 amide bonds. The van der Waals surface area contributed by atoms with Gasteiger partial charge in [-0.25, -0.2) is 0 Å². The molecule has 23 heavy (non-hydrogen) atoms. The largest absolute Gasteiger partial charge is 0.481 e. The highest BCUT2D eigenvalue weighted by Gasteiger charge is 2.39. The van der Waals surface area contributed by atoms with Crippen LogP contribution in [0.5, 0.6) is 0 Å². The number of carbonyl (C=O) groups is 3. The van der Waals surface area contributed by atoms with E-state index in [1.54, 1.807) is 9.80 Å². The molecule has 0 saturated carbocycles. The van der Waals surface area contributed by atoms with Gasteiger partial charge >= 0.3 is 5.97 Å². The molecule has 1 N–H and O–H groups in total. The Morgan fingerprint density at radius 3 is 2.52 bits per heavy atom. The number of amides is 2. The first kappa shape index (κ1) is 15.5. The van der Waals surface area contributed by atoms with E-state index in [2.05, 4.69) is 0 Å². The first-order valence-corrected chi connectivity index (χ1v) is 7.93. The van der Waals surface area contributed by atoms with Gasteiger partial charge in [0.1, 0.15) is 0 Å². The third-order valence-corrected chi connectivity index (χ3v) is 4.62. The van der Waals surface area contributed by atoms with E-state index in [4.69, 9.17) is 5.11 Å². The minimum absolute atomic E-state index is 0.0543. The second-order valence-electron chi connectivity index (χ2n) is 6.20. The fourth-order valence-corrected chi connectivity index (χ4v) is 3.37. The van der Waals surface area contributed by atoms with Crippen LogP contribution >= 0.6 is 0 Å². The monoisotopic (exact) mass is 316 g/mol. The zero-order valence-electron chi connectivity index (χ0n) is 12.9. The highest BCUT2D eigenvalue weighted by atomic mass is 16.4. The topological polar surface area (TPSA) is 77.9 Å². The van der Waals surface area contributed by atoms with Crippen molar-refractivity contribution in [1.29, 1.82) is 0 Å². The number of benzene rings is 1. The maximum atomic E-state index is 12.6. The average molecular weight is 316 g/mol. The number of nitrogens with zero attached hydrogens (tertiary/aromatic N) is 2. The number of aliphatic carboxylic acids is 1.